The summed E-state index contributed by atoms with van der Waals surface area (Å²) in [6, 6.07) is 6.59. The van der Waals surface area contributed by atoms with Crippen molar-refractivity contribution in [1.82, 2.24) is 4.31 Å². The van der Waals surface area contributed by atoms with Crippen molar-refractivity contribution in [2.45, 2.75) is 4.90 Å². The molecule has 2 rings (SSSR count). The van der Waals surface area contributed by atoms with Crippen molar-refractivity contribution in [3.8, 4) is 0 Å². The van der Waals surface area contributed by atoms with Crippen molar-refractivity contribution in [1.29, 1.82) is 0 Å². The van der Waals surface area contributed by atoms with Gasteiger partial charge in [-0.3, -0.25) is 4.79 Å². The number of halogens is 3. The largest absolute Gasteiger partial charge is 0.322 e. The molecule has 9 heteroatoms. The molecule has 0 aliphatic carbocycles. The third kappa shape index (κ3) is 3.72. The van der Waals surface area contributed by atoms with Crippen LogP contribution in [-0.2, 0) is 10.0 Å². The molecule has 1 N–H and O–H groups in total. The Morgan fingerprint density at radius 2 is 1.75 bits per heavy atom. The van der Waals surface area contributed by atoms with Gasteiger partial charge in [-0.15, -0.1) is 0 Å². The fraction of sp³-hybridized carbons (Fsp3) is 0.133. The predicted octanol–water partition coefficient (Wildman–Crippen LogP) is 3.12. The van der Waals surface area contributed by atoms with E-state index in [0.29, 0.717) is 0 Å². The summed E-state index contributed by atoms with van der Waals surface area (Å²) in [6.45, 7) is 0. The molecule has 2 aromatic carbocycles. The average molecular weight is 375 g/mol. The molecular formula is C15H13ClF2N2O3S. The van der Waals surface area contributed by atoms with Crippen LogP contribution < -0.4 is 5.32 Å². The van der Waals surface area contributed by atoms with Crippen molar-refractivity contribution in [2.75, 3.05) is 19.4 Å². The monoisotopic (exact) mass is 374 g/mol. The van der Waals surface area contributed by atoms with Gasteiger partial charge in [-0.05, 0) is 30.3 Å². The van der Waals surface area contributed by atoms with E-state index < -0.39 is 27.6 Å². The van der Waals surface area contributed by atoms with Crippen molar-refractivity contribution in [3.05, 3.63) is 58.6 Å². The summed E-state index contributed by atoms with van der Waals surface area (Å²) in [5.74, 6) is -2.84. The van der Waals surface area contributed by atoms with Crippen molar-refractivity contribution < 1.29 is 22.0 Å². The maximum Gasteiger partial charge on any atom is 0.255 e. The Morgan fingerprint density at radius 3 is 2.33 bits per heavy atom. The standard InChI is InChI=1S/C15H13ClF2N2O3S/c1-20(2)24(22,23)14-7-9(3-5-11(14)16)15(21)19-10-4-6-12(17)13(18)8-10/h3-8H,1-2H3,(H,19,21). The number of hydrogen-bond acceptors (Lipinski definition) is 3. The number of nitrogens with one attached hydrogen (secondary N) is 1. The Balaban J connectivity index is 2.35. The van der Waals surface area contributed by atoms with Gasteiger partial charge in [-0.25, -0.2) is 21.5 Å². The van der Waals surface area contributed by atoms with Gasteiger partial charge < -0.3 is 5.32 Å². The second-order valence-corrected chi connectivity index (χ2v) is 7.54. The zero-order valence-corrected chi connectivity index (χ0v) is 14.3. The fourth-order valence-electron chi connectivity index (χ4n) is 1.82. The highest BCUT2D eigenvalue weighted by atomic mass is 35.5. The maximum atomic E-state index is 13.2. The van der Waals surface area contributed by atoms with Gasteiger partial charge in [0.15, 0.2) is 11.6 Å². The Morgan fingerprint density at radius 1 is 1.08 bits per heavy atom. The number of carbonyl (C=O) groups excluding carboxylic acids is 1. The normalized spacial score (nSPS) is 11.6. The first-order valence-corrected chi connectivity index (χ1v) is 8.43. The summed E-state index contributed by atoms with van der Waals surface area (Å²) < 4.78 is 51.4. The summed E-state index contributed by atoms with van der Waals surface area (Å²) >= 11 is 5.90. The van der Waals surface area contributed by atoms with Crippen LogP contribution in [0.5, 0.6) is 0 Å². The van der Waals surface area contributed by atoms with Crippen LogP contribution in [0.1, 0.15) is 10.4 Å². The first-order chi connectivity index (χ1) is 11.1. The van der Waals surface area contributed by atoms with E-state index >= 15 is 0 Å². The minimum absolute atomic E-state index is 0.00422. The van der Waals surface area contributed by atoms with Crippen molar-refractivity contribution >= 4 is 33.2 Å². The summed E-state index contributed by atoms with van der Waals surface area (Å²) in [4.78, 5) is 12.0. The van der Waals surface area contributed by atoms with E-state index in [0.717, 1.165) is 22.5 Å². The molecule has 24 heavy (non-hydrogen) atoms. The Bertz CT molecular complexity index is 902. The highest BCUT2D eigenvalue weighted by molar-refractivity contribution is 7.89. The van der Waals surface area contributed by atoms with E-state index in [1.54, 1.807) is 0 Å². The minimum atomic E-state index is -3.84. The first kappa shape index (κ1) is 18.3. The van der Waals surface area contributed by atoms with Crippen molar-refractivity contribution in [2.24, 2.45) is 0 Å². The molecule has 0 unspecified atom stereocenters. The molecule has 0 radical (unpaired) electrons. The molecule has 0 aromatic heterocycles. The topological polar surface area (TPSA) is 66.5 Å². The van der Waals surface area contributed by atoms with E-state index in [1.165, 1.54) is 32.3 Å². The van der Waals surface area contributed by atoms with E-state index in [-0.39, 0.29) is 21.2 Å². The van der Waals surface area contributed by atoms with Gasteiger partial charge in [-0.2, -0.15) is 0 Å². The number of sulfonamides is 1. The maximum absolute atomic E-state index is 13.2. The summed E-state index contributed by atoms with van der Waals surface area (Å²) in [5, 5.41) is 2.32. The lowest BCUT2D eigenvalue weighted by molar-refractivity contribution is 0.102. The quantitative estimate of drug-likeness (QED) is 0.894. The smallest absolute Gasteiger partial charge is 0.255 e. The van der Waals surface area contributed by atoms with Crippen LogP contribution in [0.15, 0.2) is 41.3 Å². The van der Waals surface area contributed by atoms with E-state index in [9.17, 15) is 22.0 Å². The molecule has 0 aliphatic rings. The highest BCUT2D eigenvalue weighted by Gasteiger charge is 2.22. The van der Waals surface area contributed by atoms with Crippen LogP contribution in [-0.4, -0.2) is 32.7 Å². The molecule has 0 aliphatic heterocycles. The van der Waals surface area contributed by atoms with Gasteiger partial charge in [0.1, 0.15) is 4.90 Å². The predicted molar refractivity (Wildman–Crippen MR) is 86.6 cm³/mol. The Kier molecular flexibility index (Phi) is 5.22. The first-order valence-electron chi connectivity index (χ1n) is 6.61. The zero-order chi connectivity index (χ0) is 18.1. The second-order valence-electron chi connectivity index (χ2n) is 5.02. The molecule has 2 aromatic rings. The van der Waals surface area contributed by atoms with E-state index in [2.05, 4.69) is 5.32 Å². The molecule has 5 nitrogen and oxygen atoms in total. The zero-order valence-electron chi connectivity index (χ0n) is 12.7. The number of carbonyl (C=O) groups is 1. The molecule has 0 atom stereocenters. The molecule has 0 fully saturated rings. The van der Waals surface area contributed by atoms with Crippen molar-refractivity contribution in [3.63, 3.8) is 0 Å². The fourth-order valence-corrected chi connectivity index (χ4v) is 3.21. The van der Waals surface area contributed by atoms with E-state index in [4.69, 9.17) is 11.6 Å². The number of amides is 1. The van der Waals surface area contributed by atoms with Crippen LogP contribution in [0.25, 0.3) is 0 Å². The van der Waals surface area contributed by atoms with Gasteiger partial charge >= 0.3 is 0 Å². The summed E-state index contributed by atoms with van der Waals surface area (Å²) in [5.41, 5.74) is 0.0374. The van der Waals surface area contributed by atoms with Crippen LogP contribution in [0.2, 0.25) is 5.02 Å². The second kappa shape index (κ2) is 6.84. The molecule has 128 valence electrons. The number of anilines is 1. The SMILES string of the molecule is CN(C)S(=O)(=O)c1cc(C(=O)Nc2ccc(F)c(F)c2)ccc1Cl. The number of benzene rings is 2. The minimum Gasteiger partial charge on any atom is -0.322 e. The molecule has 0 heterocycles. The third-order valence-electron chi connectivity index (χ3n) is 3.13. The Hall–Kier alpha value is -2.03. The van der Waals surface area contributed by atoms with Gasteiger partial charge in [0.2, 0.25) is 10.0 Å². The lowest BCUT2D eigenvalue weighted by atomic mass is 10.2. The number of hydrogen-bond donors (Lipinski definition) is 1. The lowest BCUT2D eigenvalue weighted by Crippen LogP contribution is -2.23. The van der Waals surface area contributed by atoms with Crippen LogP contribution >= 0.6 is 11.6 Å². The molecular weight excluding hydrogens is 362 g/mol. The average Bonchev–Trinajstić information content (AvgIpc) is 2.51. The van der Waals surface area contributed by atoms with E-state index in [1.807, 2.05) is 0 Å². The third-order valence-corrected chi connectivity index (χ3v) is 5.43. The van der Waals surface area contributed by atoms with Gasteiger partial charge in [0.05, 0.1) is 5.02 Å². The van der Waals surface area contributed by atoms with Gasteiger partial charge in [0.25, 0.3) is 5.91 Å². The van der Waals surface area contributed by atoms with Gasteiger partial charge in [-0.1, -0.05) is 11.6 Å². The number of rotatable bonds is 4. The lowest BCUT2D eigenvalue weighted by Gasteiger charge is -2.14. The van der Waals surface area contributed by atoms with Gasteiger partial charge in [0, 0.05) is 31.4 Å². The highest BCUT2D eigenvalue weighted by Crippen LogP contribution is 2.25. The summed E-state index contributed by atoms with van der Waals surface area (Å²) in [7, 11) is -1.17. The molecule has 0 spiro atoms. The van der Waals surface area contributed by atoms with Crippen LogP contribution in [0.3, 0.4) is 0 Å². The van der Waals surface area contributed by atoms with Crippen LogP contribution in [0, 0.1) is 11.6 Å². The van der Waals surface area contributed by atoms with Crippen LogP contribution in [0.4, 0.5) is 14.5 Å². The molecule has 0 bridgehead atoms. The summed E-state index contributed by atoms with van der Waals surface area (Å²) in [6.07, 6.45) is 0. The number of nitrogens with zero attached hydrogens (tertiary/aromatic N) is 1. The molecule has 0 saturated carbocycles. The molecule has 1 amide bonds. The molecule has 0 saturated heterocycles. The Labute approximate surface area is 142 Å².